The smallest absolute Gasteiger partial charge is 0.249 e. The van der Waals surface area contributed by atoms with Crippen molar-refractivity contribution < 1.29 is 50.0 Å². The number of aliphatic hydroxyl groups is 7. The van der Waals surface area contributed by atoms with Crippen LogP contribution >= 0.6 is 0 Å². The van der Waals surface area contributed by atoms with Crippen LogP contribution in [0.1, 0.15) is 258 Å². The van der Waals surface area contributed by atoms with E-state index in [0.29, 0.717) is 12.8 Å². The summed E-state index contributed by atoms with van der Waals surface area (Å²) in [6.45, 7) is 3.46. The summed E-state index contributed by atoms with van der Waals surface area (Å²) in [5.41, 5.74) is 0. The molecule has 1 fully saturated rings. The zero-order valence-electron chi connectivity index (χ0n) is 43.1. The predicted octanol–water partition coefficient (Wildman–Crippen LogP) is 11.3. The Labute approximate surface area is 410 Å². The summed E-state index contributed by atoms with van der Waals surface area (Å²) in [4.78, 5) is 13.2. The number of nitrogens with one attached hydrogen (secondary N) is 1. The summed E-state index contributed by atoms with van der Waals surface area (Å²) < 4.78 is 11.1. The van der Waals surface area contributed by atoms with E-state index in [1.165, 1.54) is 161 Å². The van der Waals surface area contributed by atoms with E-state index >= 15 is 0 Å². The zero-order valence-corrected chi connectivity index (χ0v) is 43.1. The van der Waals surface area contributed by atoms with E-state index in [-0.39, 0.29) is 12.8 Å². The average molecular weight is 954 g/mol. The maximum Gasteiger partial charge on any atom is 0.249 e. The minimum absolute atomic E-state index is 0.248. The van der Waals surface area contributed by atoms with Gasteiger partial charge in [-0.05, 0) is 64.2 Å². The number of allylic oxidation sites excluding steroid dienone is 4. The lowest BCUT2D eigenvalue weighted by molar-refractivity contribution is -0.303. The quantitative estimate of drug-likeness (QED) is 0.0215. The number of ether oxygens (including phenoxy) is 2. The van der Waals surface area contributed by atoms with Crippen LogP contribution in [0.2, 0.25) is 0 Å². The molecule has 1 heterocycles. The second-order valence-electron chi connectivity index (χ2n) is 20.0. The molecule has 1 saturated heterocycles. The zero-order chi connectivity index (χ0) is 49.0. The highest BCUT2D eigenvalue weighted by Crippen LogP contribution is 2.23. The van der Waals surface area contributed by atoms with Crippen LogP contribution in [0, 0.1) is 0 Å². The first-order valence-electron chi connectivity index (χ1n) is 28.2. The van der Waals surface area contributed by atoms with Crippen LogP contribution in [-0.4, -0.2) is 110 Å². The van der Waals surface area contributed by atoms with Gasteiger partial charge in [0, 0.05) is 0 Å². The monoisotopic (exact) mass is 954 g/mol. The molecule has 1 aliphatic rings. The molecule has 8 N–H and O–H groups in total. The largest absolute Gasteiger partial charge is 0.394 e. The number of hydrogen-bond donors (Lipinski definition) is 8. The van der Waals surface area contributed by atoms with Crippen LogP contribution in [0.5, 0.6) is 0 Å². The van der Waals surface area contributed by atoms with Crippen molar-refractivity contribution in [1.29, 1.82) is 0 Å². The van der Waals surface area contributed by atoms with Crippen LogP contribution in [0.3, 0.4) is 0 Å². The fourth-order valence-corrected chi connectivity index (χ4v) is 9.08. The molecule has 9 atom stereocenters. The highest BCUT2D eigenvalue weighted by molar-refractivity contribution is 5.80. The van der Waals surface area contributed by atoms with Gasteiger partial charge in [0.25, 0.3) is 0 Å². The Morgan fingerprint density at radius 1 is 0.507 bits per heavy atom. The summed E-state index contributed by atoms with van der Waals surface area (Å²) in [6.07, 6.45) is 42.3. The lowest BCUT2D eigenvalue weighted by Crippen LogP contribution is -2.60. The van der Waals surface area contributed by atoms with Crippen molar-refractivity contribution >= 4 is 5.91 Å². The third-order valence-corrected chi connectivity index (χ3v) is 13.7. The molecule has 0 spiro atoms. The van der Waals surface area contributed by atoms with Crippen molar-refractivity contribution in [3.05, 3.63) is 24.3 Å². The van der Waals surface area contributed by atoms with E-state index in [4.69, 9.17) is 9.47 Å². The van der Waals surface area contributed by atoms with Gasteiger partial charge in [0.05, 0.1) is 25.4 Å². The summed E-state index contributed by atoms with van der Waals surface area (Å²) in [6, 6.07) is -1.19. The molecule has 1 rings (SSSR count). The molecule has 1 amide bonds. The molecular weight excluding hydrogens is 847 g/mol. The molecule has 0 radical (unpaired) electrons. The third kappa shape index (κ3) is 34.5. The molecule has 11 nitrogen and oxygen atoms in total. The maximum absolute atomic E-state index is 13.2. The first kappa shape index (κ1) is 63.6. The van der Waals surface area contributed by atoms with E-state index < -0.39 is 74.2 Å². The molecule has 1 aliphatic heterocycles. The fourth-order valence-electron chi connectivity index (χ4n) is 9.08. The number of carbonyl (C=O) groups excluding carboxylic acids is 1. The molecular formula is C56H107NO10. The van der Waals surface area contributed by atoms with Gasteiger partial charge in [0.15, 0.2) is 6.29 Å². The fraction of sp³-hybridized carbons (Fsp3) is 0.911. The average Bonchev–Trinajstić information content (AvgIpc) is 3.33. The van der Waals surface area contributed by atoms with Gasteiger partial charge < -0.3 is 50.5 Å². The SMILES string of the molecule is CCCCCCCCCCC/C=C\CCCCCCCCC(O)C(=O)NC(COC1OC(CO)C(O)C(O)C1O)C(O)C(O)CCC/C=C/CCCCCCCCCCCCCCCCCC. The van der Waals surface area contributed by atoms with E-state index in [1.807, 2.05) is 0 Å². The lowest BCUT2D eigenvalue weighted by atomic mass is 9.98. The number of rotatable bonds is 48. The number of aliphatic hydroxyl groups excluding tert-OH is 7. The van der Waals surface area contributed by atoms with Gasteiger partial charge in [-0.25, -0.2) is 0 Å². The topological polar surface area (TPSA) is 189 Å². The Bertz CT molecular complexity index is 1140. The number of hydrogen-bond acceptors (Lipinski definition) is 10. The lowest BCUT2D eigenvalue weighted by Gasteiger charge is -2.40. The molecule has 0 saturated carbocycles. The molecule has 0 bridgehead atoms. The second-order valence-corrected chi connectivity index (χ2v) is 20.0. The minimum atomic E-state index is -1.67. The molecule has 11 heteroatoms. The Kier molecular flexibility index (Phi) is 43.4. The van der Waals surface area contributed by atoms with Crippen molar-refractivity contribution in [3.63, 3.8) is 0 Å². The van der Waals surface area contributed by atoms with Crippen molar-refractivity contribution in [2.24, 2.45) is 0 Å². The molecule has 9 unspecified atom stereocenters. The Hall–Kier alpha value is -1.41. The van der Waals surface area contributed by atoms with Gasteiger partial charge >= 0.3 is 0 Å². The summed E-state index contributed by atoms with van der Waals surface area (Å²) in [5, 5.41) is 76.0. The van der Waals surface area contributed by atoms with Crippen molar-refractivity contribution in [3.8, 4) is 0 Å². The normalized spacial score (nSPS) is 20.8. The first-order chi connectivity index (χ1) is 32.7. The van der Waals surface area contributed by atoms with E-state index in [0.717, 1.165) is 57.8 Å². The van der Waals surface area contributed by atoms with Crippen LogP contribution in [0.15, 0.2) is 24.3 Å². The summed E-state index contributed by atoms with van der Waals surface area (Å²) >= 11 is 0. The second kappa shape index (κ2) is 45.7. The molecule has 0 aromatic rings. The Balaban J connectivity index is 2.36. The third-order valence-electron chi connectivity index (χ3n) is 13.7. The number of unbranched alkanes of at least 4 members (excludes halogenated alkanes) is 32. The minimum Gasteiger partial charge on any atom is -0.394 e. The Morgan fingerprint density at radius 2 is 0.881 bits per heavy atom. The molecule has 0 aliphatic carbocycles. The van der Waals surface area contributed by atoms with Gasteiger partial charge in [-0.2, -0.15) is 0 Å². The molecule has 0 aromatic heterocycles. The van der Waals surface area contributed by atoms with Crippen LogP contribution in [-0.2, 0) is 14.3 Å². The van der Waals surface area contributed by atoms with Crippen molar-refractivity contribution in [2.45, 2.75) is 313 Å². The molecule has 67 heavy (non-hydrogen) atoms. The molecule has 396 valence electrons. The van der Waals surface area contributed by atoms with Crippen LogP contribution < -0.4 is 5.32 Å². The van der Waals surface area contributed by atoms with Crippen LogP contribution in [0.4, 0.5) is 0 Å². The summed E-state index contributed by atoms with van der Waals surface area (Å²) in [7, 11) is 0. The van der Waals surface area contributed by atoms with E-state index in [2.05, 4.69) is 43.5 Å². The molecule has 0 aromatic carbocycles. The van der Waals surface area contributed by atoms with Gasteiger partial charge in [-0.15, -0.1) is 0 Å². The van der Waals surface area contributed by atoms with Crippen molar-refractivity contribution in [1.82, 2.24) is 5.32 Å². The van der Waals surface area contributed by atoms with Gasteiger partial charge in [0.2, 0.25) is 5.91 Å². The summed E-state index contributed by atoms with van der Waals surface area (Å²) in [5.74, 6) is -0.708. The standard InChI is InChI=1S/C56H107NO10/c1-3-5-7-9-11-13-15-17-19-21-23-24-26-27-29-31-33-35-37-39-41-43-48(59)51(61)47(46-66-56-54(64)53(63)52(62)50(45-58)67-56)57-55(65)49(60)44-42-40-38-36-34-32-30-28-25-22-20-18-16-14-12-10-8-6-4-2/h25,28,35,37,47-54,56,58-64H,3-24,26-27,29-34,36,38-46H2,1-2H3,(H,57,65)/b28-25-,37-35+. The van der Waals surface area contributed by atoms with Gasteiger partial charge in [-0.3, -0.25) is 4.79 Å². The number of carbonyl (C=O) groups is 1. The predicted molar refractivity (Wildman–Crippen MR) is 275 cm³/mol. The van der Waals surface area contributed by atoms with Gasteiger partial charge in [-0.1, -0.05) is 218 Å². The highest BCUT2D eigenvalue weighted by Gasteiger charge is 2.44. The van der Waals surface area contributed by atoms with Gasteiger partial charge in [0.1, 0.15) is 36.6 Å². The first-order valence-corrected chi connectivity index (χ1v) is 28.2. The maximum atomic E-state index is 13.2. The van der Waals surface area contributed by atoms with E-state index in [9.17, 15) is 40.5 Å². The van der Waals surface area contributed by atoms with E-state index in [1.54, 1.807) is 0 Å². The Morgan fingerprint density at radius 3 is 1.28 bits per heavy atom. The van der Waals surface area contributed by atoms with Crippen LogP contribution in [0.25, 0.3) is 0 Å². The number of amides is 1. The highest BCUT2D eigenvalue weighted by atomic mass is 16.7. The van der Waals surface area contributed by atoms with Crippen molar-refractivity contribution in [2.75, 3.05) is 13.2 Å².